The number of anilines is 1. The topological polar surface area (TPSA) is 62.7 Å². The largest absolute Gasteiger partial charge is 0.505 e. The van der Waals surface area contributed by atoms with Gasteiger partial charge in [0.1, 0.15) is 5.82 Å². The van der Waals surface area contributed by atoms with Gasteiger partial charge in [0.2, 0.25) is 0 Å². The fraction of sp³-hybridized carbons (Fsp3) is 0.348. The van der Waals surface area contributed by atoms with Crippen molar-refractivity contribution >= 4 is 40.5 Å². The summed E-state index contributed by atoms with van der Waals surface area (Å²) in [5.41, 5.74) is 3.26. The van der Waals surface area contributed by atoms with Gasteiger partial charge in [0.15, 0.2) is 11.4 Å². The van der Waals surface area contributed by atoms with E-state index in [1.807, 2.05) is 69.3 Å². The van der Waals surface area contributed by atoms with Gasteiger partial charge in [0.05, 0.1) is 6.61 Å². The minimum Gasteiger partial charge on any atom is -0.505 e. The molecule has 0 fully saturated rings. The first kappa shape index (κ1) is 21.0. The molecule has 1 aromatic carbocycles. The van der Waals surface area contributed by atoms with Crippen molar-refractivity contribution in [1.82, 2.24) is 4.98 Å². The number of pyridine rings is 1. The van der Waals surface area contributed by atoms with Gasteiger partial charge in [-0.25, -0.2) is 9.78 Å². The molecular weight excluding hydrogens is 384 g/mol. The van der Waals surface area contributed by atoms with Crippen LogP contribution in [-0.2, 0) is 4.74 Å². The van der Waals surface area contributed by atoms with E-state index in [4.69, 9.17) is 17.0 Å². The van der Waals surface area contributed by atoms with E-state index in [9.17, 15) is 9.90 Å². The predicted octanol–water partition coefficient (Wildman–Crippen LogP) is 4.72. The Hall–Kier alpha value is -2.73. The average molecular weight is 411 g/mol. The first-order valence-corrected chi connectivity index (χ1v) is 10.2. The number of nitrogens with zero attached hydrogens (tertiary/aromatic N) is 2. The maximum absolute atomic E-state index is 12.6. The van der Waals surface area contributed by atoms with Crippen molar-refractivity contribution < 1.29 is 14.6 Å². The molecule has 1 N–H and O–H groups in total. The number of carbonyl (C=O) groups excluding carboxylic acids is 1. The molecule has 1 heterocycles. The molecule has 1 unspecified atom stereocenters. The van der Waals surface area contributed by atoms with E-state index in [2.05, 4.69) is 4.98 Å². The summed E-state index contributed by atoms with van der Waals surface area (Å²) in [5.74, 6) is -0.349. The van der Waals surface area contributed by atoms with E-state index in [1.165, 1.54) is 0 Å². The Morgan fingerprint density at radius 3 is 2.59 bits per heavy atom. The zero-order chi connectivity index (χ0) is 21.1. The van der Waals surface area contributed by atoms with Crippen molar-refractivity contribution in [2.24, 2.45) is 5.92 Å². The number of aromatic hydroxyl groups is 1. The summed E-state index contributed by atoms with van der Waals surface area (Å²) in [6.45, 7) is 4.32. The maximum atomic E-state index is 12.6. The molecule has 152 valence electrons. The summed E-state index contributed by atoms with van der Waals surface area (Å²) >= 11 is 5.75. The molecule has 3 rings (SSSR count). The molecule has 2 aromatic rings. The molecular formula is C23H26N2O3S. The summed E-state index contributed by atoms with van der Waals surface area (Å²) in [7, 11) is 3.70. The van der Waals surface area contributed by atoms with Crippen molar-refractivity contribution in [1.29, 1.82) is 0 Å². The van der Waals surface area contributed by atoms with Crippen LogP contribution in [-0.4, -0.2) is 41.6 Å². The number of carbonyl (C=O) groups is 1. The molecule has 0 saturated carbocycles. The highest BCUT2D eigenvalue weighted by atomic mass is 32.1. The third kappa shape index (κ3) is 4.03. The Morgan fingerprint density at radius 1 is 1.28 bits per heavy atom. The number of fused-ring (bicyclic) bond motifs is 1. The highest BCUT2D eigenvalue weighted by Gasteiger charge is 2.33. The van der Waals surface area contributed by atoms with Crippen LogP contribution < -0.4 is 4.90 Å². The minimum absolute atomic E-state index is 0.0883. The normalized spacial score (nSPS) is 15.5. The molecule has 29 heavy (non-hydrogen) atoms. The van der Waals surface area contributed by atoms with Crippen LogP contribution in [0.15, 0.2) is 30.3 Å². The molecule has 5 nitrogen and oxygen atoms in total. The highest BCUT2D eigenvalue weighted by Crippen LogP contribution is 2.42. The molecule has 1 aromatic heterocycles. The monoisotopic (exact) mass is 410 g/mol. The summed E-state index contributed by atoms with van der Waals surface area (Å²) in [6.07, 6.45) is 3.68. The van der Waals surface area contributed by atoms with Gasteiger partial charge in [-0.3, -0.25) is 0 Å². The summed E-state index contributed by atoms with van der Waals surface area (Å²) in [4.78, 5) is 19.4. The van der Waals surface area contributed by atoms with Gasteiger partial charge in [-0.1, -0.05) is 62.8 Å². The molecule has 0 bridgehead atoms. The lowest BCUT2D eigenvalue weighted by atomic mass is 9.80. The van der Waals surface area contributed by atoms with Gasteiger partial charge in [0, 0.05) is 36.0 Å². The van der Waals surface area contributed by atoms with Gasteiger partial charge in [0.25, 0.3) is 0 Å². The van der Waals surface area contributed by atoms with Crippen LogP contribution in [0.25, 0.3) is 11.6 Å². The lowest BCUT2D eigenvalue weighted by Gasteiger charge is -2.28. The first-order chi connectivity index (χ1) is 13.9. The summed E-state index contributed by atoms with van der Waals surface area (Å²) in [5, 5.41) is 10.9. The fourth-order valence-corrected chi connectivity index (χ4v) is 3.76. The fourth-order valence-electron chi connectivity index (χ4n) is 3.43. The molecule has 1 atom stereocenters. The third-order valence-electron chi connectivity index (χ3n) is 5.05. The Bertz CT molecular complexity index is 968. The van der Waals surface area contributed by atoms with Crippen LogP contribution in [0.5, 0.6) is 5.75 Å². The quantitative estimate of drug-likeness (QED) is 0.422. The molecule has 0 amide bonds. The standard InChI is InChI=1S/C23H26N2O3S/c1-5-6-12-28-23(27)19-20(26)18-17(22(24-19)25(3)4)13-16(14(2)21(18)29)15-10-8-7-9-11-15/h7-11,13-14,26H,5-6,12H2,1-4H3. The van der Waals surface area contributed by atoms with Crippen LogP contribution >= 0.6 is 12.2 Å². The lowest BCUT2D eigenvalue weighted by molar-refractivity contribution is 0.0489. The lowest BCUT2D eigenvalue weighted by Crippen LogP contribution is -2.24. The minimum atomic E-state index is -0.630. The zero-order valence-corrected chi connectivity index (χ0v) is 18.0. The number of ether oxygens (including phenoxy) is 1. The van der Waals surface area contributed by atoms with Crippen LogP contribution in [0.3, 0.4) is 0 Å². The molecule has 0 radical (unpaired) electrons. The van der Waals surface area contributed by atoms with E-state index < -0.39 is 5.97 Å². The van der Waals surface area contributed by atoms with E-state index in [0.717, 1.165) is 29.5 Å². The number of esters is 1. The molecule has 0 saturated heterocycles. The number of unbranched alkanes of at least 4 members (excludes halogenated alkanes) is 1. The van der Waals surface area contributed by atoms with Gasteiger partial charge in [-0.15, -0.1) is 0 Å². The maximum Gasteiger partial charge on any atom is 0.360 e. The second kappa shape index (κ2) is 8.74. The van der Waals surface area contributed by atoms with Crippen LogP contribution in [0.4, 0.5) is 5.82 Å². The molecule has 0 spiro atoms. The number of allylic oxidation sites excluding steroid dienone is 1. The second-order valence-corrected chi connectivity index (χ2v) is 7.80. The second-order valence-electron chi connectivity index (χ2n) is 7.36. The molecule has 1 aliphatic carbocycles. The van der Waals surface area contributed by atoms with Gasteiger partial charge in [-0.2, -0.15) is 0 Å². The predicted molar refractivity (Wildman–Crippen MR) is 121 cm³/mol. The van der Waals surface area contributed by atoms with Crippen molar-refractivity contribution in [2.75, 3.05) is 25.6 Å². The van der Waals surface area contributed by atoms with E-state index >= 15 is 0 Å². The van der Waals surface area contributed by atoms with Crippen molar-refractivity contribution in [2.45, 2.75) is 26.7 Å². The summed E-state index contributed by atoms with van der Waals surface area (Å²) in [6, 6.07) is 10.0. The number of rotatable bonds is 6. The number of thiocarbonyl (C=S) groups is 1. The first-order valence-electron chi connectivity index (χ1n) is 9.79. The van der Waals surface area contributed by atoms with Crippen LogP contribution in [0.2, 0.25) is 0 Å². The average Bonchev–Trinajstić information content (AvgIpc) is 2.71. The van der Waals surface area contributed by atoms with Gasteiger partial charge in [-0.05, 0) is 23.6 Å². The summed E-state index contributed by atoms with van der Waals surface area (Å²) < 4.78 is 5.29. The van der Waals surface area contributed by atoms with Crippen molar-refractivity contribution in [3.05, 3.63) is 52.7 Å². The SMILES string of the molecule is CCCCOC(=O)c1nc(N(C)C)c2c(c1O)C(=S)C(C)C(c1ccccc1)=C2. The molecule has 6 heteroatoms. The Morgan fingerprint density at radius 2 is 1.97 bits per heavy atom. The number of hydrogen-bond acceptors (Lipinski definition) is 6. The third-order valence-corrected chi connectivity index (χ3v) is 5.61. The van der Waals surface area contributed by atoms with Crippen molar-refractivity contribution in [3.63, 3.8) is 0 Å². The Labute approximate surface area is 177 Å². The molecule has 0 aliphatic heterocycles. The molecule has 1 aliphatic rings. The number of benzene rings is 1. The number of hydrogen-bond donors (Lipinski definition) is 1. The van der Waals surface area contributed by atoms with Crippen LogP contribution in [0, 0.1) is 5.92 Å². The van der Waals surface area contributed by atoms with Gasteiger partial charge < -0.3 is 14.7 Å². The zero-order valence-electron chi connectivity index (χ0n) is 17.2. The Kier molecular flexibility index (Phi) is 6.33. The van der Waals surface area contributed by atoms with Crippen molar-refractivity contribution in [3.8, 4) is 5.75 Å². The van der Waals surface area contributed by atoms with Crippen LogP contribution in [0.1, 0.15) is 53.9 Å². The number of aromatic nitrogens is 1. The van der Waals surface area contributed by atoms with E-state index in [0.29, 0.717) is 22.9 Å². The van der Waals surface area contributed by atoms with E-state index in [1.54, 1.807) is 0 Å². The smallest absolute Gasteiger partial charge is 0.360 e. The highest BCUT2D eigenvalue weighted by molar-refractivity contribution is 7.81. The van der Waals surface area contributed by atoms with E-state index in [-0.39, 0.29) is 17.4 Å². The Balaban J connectivity index is 2.17. The van der Waals surface area contributed by atoms with Gasteiger partial charge >= 0.3 is 5.97 Å².